The third-order valence-corrected chi connectivity index (χ3v) is 3.86. The molecule has 1 aliphatic heterocycles. The summed E-state index contributed by atoms with van der Waals surface area (Å²) in [7, 11) is 1.78. The van der Waals surface area contributed by atoms with Gasteiger partial charge in [0.1, 0.15) is 0 Å². The Kier molecular flexibility index (Phi) is 3.56. The van der Waals surface area contributed by atoms with Gasteiger partial charge in [-0.15, -0.1) is 0 Å². The Morgan fingerprint density at radius 3 is 2.95 bits per heavy atom. The molecule has 0 spiro atoms. The zero-order chi connectivity index (χ0) is 15.9. The minimum atomic E-state index is -0.457. The second-order valence-corrected chi connectivity index (χ2v) is 5.52. The number of pyridine rings is 1. The number of rotatable bonds is 4. The van der Waals surface area contributed by atoms with Gasteiger partial charge < -0.3 is 10.6 Å². The van der Waals surface area contributed by atoms with E-state index in [1.807, 2.05) is 13.8 Å². The van der Waals surface area contributed by atoms with E-state index in [1.54, 1.807) is 24.1 Å². The van der Waals surface area contributed by atoms with E-state index in [0.717, 1.165) is 6.42 Å². The Morgan fingerprint density at radius 2 is 2.32 bits per heavy atom. The van der Waals surface area contributed by atoms with Crippen LogP contribution in [0.4, 0.5) is 10.2 Å². The molecule has 7 heteroatoms. The number of aromatic nitrogens is 3. The zero-order valence-corrected chi connectivity index (χ0v) is 12.8. The van der Waals surface area contributed by atoms with Crippen molar-refractivity contribution in [1.82, 2.24) is 20.1 Å². The molecule has 1 unspecified atom stereocenters. The standard InChI is InChI=1S/C15H18FN5O/c1-4-8(2)19-14-12(16)10-6-17-15(22)11(10)13(20-14)9-5-18-21(3)7-9/h5,7-8H,4,6H2,1-3H3,(H,17,22)(H,19,20). The lowest BCUT2D eigenvalue weighted by molar-refractivity contribution is 0.0966. The van der Waals surface area contributed by atoms with Gasteiger partial charge in [0.05, 0.1) is 17.5 Å². The second kappa shape index (κ2) is 5.40. The number of anilines is 1. The molecular formula is C15H18FN5O. The molecule has 0 saturated heterocycles. The average Bonchev–Trinajstić information content (AvgIpc) is 3.09. The van der Waals surface area contributed by atoms with Crippen molar-refractivity contribution in [1.29, 1.82) is 0 Å². The molecule has 22 heavy (non-hydrogen) atoms. The molecule has 1 amide bonds. The summed E-state index contributed by atoms with van der Waals surface area (Å²) in [5.74, 6) is -0.569. The summed E-state index contributed by atoms with van der Waals surface area (Å²) in [4.78, 5) is 16.4. The fraction of sp³-hybridized carbons (Fsp3) is 0.400. The average molecular weight is 303 g/mol. The van der Waals surface area contributed by atoms with Crippen molar-refractivity contribution in [2.24, 2.45) is 7.05 Å². The molecule has 1 aliphatic rings. The van der Waals surface area contributed by atoms with Crippen molar-refractivity contribution in [2.45, 2.75) is 32.9 Å². The Morgan fingerprint density at radius 1 is 1.55 bits per heavy atom. The number of hydrogen-bond donors (Lipinski definition) is 2. The van der Waals surface area contributed by atoms with E-state index in [9.17, 15) is 9.18 Å². The summed E-state index contributed by atoms with van der Waals surface area (Å²) in [5.41, 5.74) is 1.83. The van der Waals surface area contributed by atoms with Gasteiger partial charge in [-0.25, -0.2) is 9.37 Å². The fourth-order valence-corrected chi connectivity index (χ4v) is 2.46. The number of nitrogens with one attached hydrogen (secondary N) is 2. The first kappa shape index (κ1) is 14.5. The lowest BCUT2D eigenvalue weighted by Crippen LogP contribution is -2.17. The SMILES string of the molecule is CCC(C)Nc1nc(-c2cnn(C)c2)c2c(c1F)CNC2=O. The number of carbonyl (C=O) groups is 1. The number of hydrogen-bond acceptors (Lipinski definition) is 4. The Hall–Kier alpha value is -2.44. The summed E-state index contributed by atoms with van der Waals surface area (Å²) < 4.78 is 16.2. The molecule has 6 nitrogen and oxygen atoms in total. The molecule has 2 aromatic rings. The monoisotopic (exact) mass is 303 g/mol. The Balaban J connectivity index is 2.17. The minimum Gasteiger partial charge on any atom is -0.365 e. The van der Waals surface area contributed by atoms with Crippen LogP contribution in [0.3, 0.4) is 0 Å². The zero-order valence-electron chi connectivity index (χ0n) is 12.8. The van der Waals surface area contributed by atoms with Crippen LogP contribution in [0, 0.1) is 5.82 Å². The van der Waals surface area contributed by atoms with Crippen LogP contribution < -0.4 is 10.6 Å². The van der Waals surface area contributed by atoms with Gasteiger partial charge in [-0.3, -0.25) is 9.48 Å². The van der Waals surface area contributed by atoms with E-state index in [2.05, 4.69) is 20.7 Å². The van der Waals surface area contributed by atoms with E-state index in [-0.39, 0.29) is 24.3 Å². The fourth-order valence-electron chi connectivity index (χ4n) is 2.46. The number of fused-ring (bicyclic) bond motifs is 1. The van der Waals surface area contributed by atoms with Gasteiger partial charge in [0.15, 0.2) is 11.6 Å². The van der Waals surface area contributed by atoms with Crippen LogP contribution in [-0.2, 0) is 13.6 Å². The summed E-state index contributed by atoms with van der Waals surface area (Å²) in [6.07, 6.45) is 4.23. The maximum absolute atomic E-state index is 14.6. The summed E-state index contributed by atoms with van der Waals surface area (Å²) in [6.45, 7) is 4.16. The lowest BCUT2D eigenvalue weighted by atomic mass is 10.0. The lowest BCUT2D eigenvalue weighted by Gasteiger charge is -2.15. The maximum Gasteiger partial charge on any atom is 0.254 e. The molecular weight excluding hydrogens is 285 g/mol. The van der Waals surface area contributed by atoms with Gasteiger partial charge in [0, 0.05) is 37.0 Å². The van der Waals surface area contributed by atoms with Gasteiger partial charge in [-0.05, 0) is 13.3 Å². The van der Waals surface area contributed by atoms with Crippen LogP contribution in [0.15, 0.2) is 12.4 Å². The number of aryl methyl sites for hydroxylation is 1. The summed E-state index contributed by atoms with van der Waals surface area (Å²) in [5, 5.41) is 9.84. The van der Waals surface area contributed by atoms with Gasteiger partial charge in [-0.1, -0.05) is 6.92 Å². The van der Waals surface area contributed by atoms with Gasteiger partial charge >= 0.3 is 0 Å². The Labute approximate surface area is 127 Å². The molecule has 0 aliphatic carbocycles. The molecule has 0 fully saturated rings. The molecule has 0 saturated carbocycles. The Bertz CT molecular complexity index is 740. The van der Waals surface area contributed by atoms with Crippen molar-refractivity contribution in [3.05, 3.63) is 29.3 Å². The highest BCUT2D eigenvalue weighted by Crippen LogP contribution is 2.32. The van der Waals surface area contributed by atoms with Gasteiger partial charge in [0.2, 0.25) is 0 Å². The van der Waals surface area contributed by atoms with Crippen molar-refractivity contribution in [3.63, 3.8) is 0 Å². The number of carbonyl (C=O) groups excluding carboxylic acids is 1. The van der Waals surface area contributed by atoms with E-state index >= 15 is 0 Å². The van der Waals surface area contributed by atoms with Crippen LogP contribution in [0.2, 0.25) is 0 Å². The van der Waals surface area contributed by atoms with Crippen molar-refractivity contribution >= 4 is 11.7 Å². The van der Waals surface area contributed by atoms with Gasteiger partial charge in [0.25, 0.3) is 5.91 Å². The highest BCUT2D eigenvalue weighted by Gasteiger charge is 2.30. The third kappa shape index (κ3) is 2.32. The first-order valence-corrected chi connectivity index (χ1v) is 7.27. The molecule has 3 heterocycles. The second-order valence-electron chi connectivity index (χ2n) is 5.52. The van der Waals surface area contributed by atoms with Crippen molar-refractivity contribution in [2.75, 3.05) is 5.32 Å². The quantitative estimate of drug-likeness (QED) is 0.907. The van der Waals surface area contributed by atoms with Crippen molar-refractivity contribution in [3.8, 4) is 11.3 Å². The largest absolute Gasteiger partial charge is 0.365 e. The van der Waals surface area contributed by atoms with E-state index in [4.69, 9.17) is 0 Å². The topological polar surface area (TPSA) is 71.8 Å². The number of amides is 1. The van der Waals surface area contributed by atoms with Crippen molar-refractivity contribution < 1.29 is 9.18 Å². The van der Waals surface area contributed by atoms with E-state index in [0.29, 0.717) is 22.4 Å². The van der Waals surface area contributed by atoms with Crippen LogP contribution in [0.5, 0.6) is 0 Å². The first-order chi connectivity index (χ1) is 10.5. The molecule has 116 valence electrons. The summed E-state index contributed by atoms with van der Waals surface area (Å²) >= 11 is 0. The predicted octanol–water partition coefficient (Wildman–Crippen LogP) is 2.08. The molecule has 2 aromatic heterocycles. The smallest absolute Gasteiger partial charge is 0.254 e. The summed E-state index contributed by atoms with van der Waals surface area (Å²) in [6, 6.07) is 0.0897. The van der Waals surface area contributed by atoms with Crippen LogP contribution in [0.25, 0.3) is 11.3 Å². The van der Waals surface area contributed by atoms with E-state index < -0.39 is 5.82 Å². The van der Waals surface area contributed by atoms with Crippen LogP contribution in [0.1, 0.15) is 36.2 Å². The minimum absolute atomic E-state index is 0.0897. The number of nitrogens with zero attached hydrogens (tertiary/aromatic N) is 3. The predicted molar refractivity (Wildman–Crippen MR) is 80.9 cm³/mol. The van der Waals surface area contributed by atoms with Crippen LogP contribution in [-0.4, -0.2) is 26.7 Å². The van der Waals surface area contributed by atoms with Gasteiger partial charge in [-0.2, -0.15) is 5.10 Å². The molecule has 3 rings (SSSR count). The van der Waals surface area contributed by atoms with E-state index in [1.165, 1.54) is 0 Å². The molecule has 0 radical (unpaired) electrons. The molecule has 0 aromatic carbocycles. The highest BCUT2D eigenvalue weighted by atomic mass is 19.1. The highest BCUT2D eigenvalue weighted by molar-refractivity contribution is 6.04. The third-order valence-electron chi connectivity index (χ3n) is 3.86. The normalized spacial score (nSPS) is 14.6. The first-order valence-electron chi connectivity index (χ1n) is 7.27. The maximum atomic E-state index is 14.6. The molecule has 2 N–H and O–H groups in total. The van der Waals surface area contributed by atoms with Crippen LogP contribution >= 0.6 is 0 Å². The molecule has 0 bridgehead atoms. The number of halogens is 1. The molecule has 1 atom stereocenters.